The van der Waals surface area contributed by atoms with Crippen LogP contribution in [-0.2, 0) is 53.9 Å². The van der Waals surface area contributed by atoms with Crippen LogP contribution in [0, 0.1) is 0 Å². The molecular weight excluding hydrogens is 727 g/mol. The van der Waals surface area contributed by atoms with Gasteiger partial charge in [-0.2, -0.15) is 12.6 Å². The van der Waals surface area contributed by atoms with Crippen LogP contribution in [0.4, 0.5) is 0 Å². The Bertz CT molecular complexity index is 1500. The van der Waals surface area contributed by atoms with Crippen molar-refractivity contribution in [3.05, 3.63) is 35.9 Å². The number of likely N-dealkylation sites (tertiary alicyclic amines) is 1. The third kappa shape index (κ3) is 14.7. The number of nitrogens with one attached hydrogen (secondary N) is 5. The van der Waals surface area contributed by atoms with Gasteiger partial charge in [0.05, 0.1) is 19.2 Å². The van der Waals surface area contributed by atoms with Crippen molar-refractivity contribution in [1.82, 2.24) is 31.5 Å². The normalized spacial score (nSPS) is 17.0. The quantitative estimate of drug-likeness (QED) is 0.0325. The second kappa shape index (κ2) is 21.2. The zero-order chi connectivity index (χ0) is 39.0. The molecule has 1 aliphatic rings. The number of rotatable bonds is 21. The summed E-state index contributed by atoms with van der Waals surface area (Å²) >= 11 is 4.03. The zero-order valence-electron chi connectivity index (χ0n) is 28.3. The Morgan fingerprint density at radius 3 is 2.15 bits per heavy atom. The summed E-state index contributed by atoms with van der Waals surface area (Å²) in [6.07, 6.45) is 0.140. The smallest absolute Gasteiger partial charge is 0.370 e. The Morgan fingerprint density at radius 1 is 0.962 bits per heavy atom. The maximum Gasteiger partial charge on any atom is 0.469 e. The van der Waals surface area contributed by atoms with Crippen molar-refractivity contribution in [2.75, 3.05) is 25.4 Å². The van der Waals surface area contributed by atoms with Crippen LogP contribution in [0.5, 0.6) is 0 Å². The summed E-state index contributed by atoms with van der Waals surface area (Å²) in [7, 11) is -5.16. The van der Waals surface area contributed by atoms with Gasteiger partial charge in [0.1, 0.15) is 36.5 Å². The Hall–Kier alpha value is -4.40. The van der Waals surface area contributed by atoms with Crippen LogP contribution >= 0.6 is 20.5 Å². The molecule has 0 saturated carbocycles. The Morgan fingerprint density at radius 2 is 1.58 bits per heavy atom. The van der Waals surface area contributed by atoms with Gasteiger partial charge in [0.15, 0.2) is 0 Å². The number of amides is 7. The Balaban J connectivity index is 2.30. The first-order chi connectivity index (χ1) is 24.5. The van der Waals surface area contributed by atoms with Crippen molar-refractivity contribution >= 4 is 68.1 Å². The highest BCUT2D eigenvalue weighted by molar-refractivity contribution is 7.80. The number of nitrogens with two attached hydrogens (primary N) is 2. The number of primary amides is 1. The number of carbonyl (C=O) groups excluding carboxylic acids is 8. The van der Waals surface area contributed by atoms with Gasteiger partial charge in [0, 0.05) is 25.1 Å². The number of aldehydes is 1. The van der Waals surface area contributed by atoms with Gasteiger partial charge in [-0.15, -0.1) is 0 Å². The van der Waals surface area contributed by atoms with Gasteiger partial charge < -0.3 is 57.5 Å². The molecular formula is C30H45N8O12PS. The third-order valence-electron chi connectivity index (χ3n) is 7.68. The van der Waals surface area contributed by atoms with E-state index >= 15 is 0 Å². The molecule has 1 fully saturated rings. The average molecular weight is 773 g/mol. The van der Waals surface area contributed by atoms with Crippen molar-refractivity contribution < 1.29 is 57.2 Å². The molecule has 0 radical (unpaired) electrons. The van der Waals surface area contributed by atoms with E-state index in [9.17, 15) is 52.7 Å². The Labute approximate surface area is 304 Å². The lowest BCUT2D eigenvalue weighted by atomic mass is 10.0. The molecule has 0 spiro atoms. The molecule has 1 heterocycles. The first-order valence-corrected chi connectivity index (χ1v) is 18.3. The molecule has 7 amide bonds. The number of carbonyl (C=O) groups is 8. The minimum atomic E-state index is -5.16. The van der Waals surface area contributed by atoms with Gasteiger partial charge >= 0.3 is 7.82 Å². The molecule has 0 bridgehead atoms. The molecule has 2 rings (SSSR count). The fraction of sp³-hybridized carbons (Fsp3) is 0.533. The van der Waals surface area contributed by atoms with Crippen LogP contribution in [0.15, 0.2) is 30.3 Å². The van der Waals surface area contributed by atoms with Crippen molar-refractivity contribution in [1.29, 1.82) is 0 Å². The van der Waals surface area contributed by atoms with Crippen molar-refractivity contribution in [2.24, 2.45) is 11.5 Å². The van der Waals surface area contributed by atoms with Crippen LogP contribution in [0.1, 0.15) is 38.2 Å². The lowest BCUT2D eigenvalue weighted by Crippen LogP contribution is -2.60. The molecule has 0 unspecified atom stereocenters. The minimum absolute atomic E-state index is 0.00541. The molecule has 288 valence electrons. The van der Waals surface area contributed by atoms with Gasteiger partial charge in [-0.1, -0.05) is 30.3 Å². The summed E-state index contributed by atoms with van der Waals surface area (Å²) in [5.74, 6) is -6.15. The minimum Gasteiger partial charge on any atom is -0.370 e. The van der Waals surface area contributed by atoms with E-state index in [1.807, 2.05) is 0 Å². The number of hydrogen-bond donors (Lipinski definition) is 10. The molecule has 11 N–H and O–H groups in total. The molecule has 20 nitrogen and oxygen atoms in total. The van der Waals surface area contributed by atoms with E-state index in [-0.39, 0.29) is 50.9 Å². The molecule has 22 heteroatoms. The third-order valence-corrected chi connectivity index (χ3v) is 8.53. The van der Waals surface area contributed by atoms with E-state index in [1.165, 1.54) is 6.92 Å². The summed E-state index contributed by atoms with van der Waals surface area (Å²) in [5.41, 5.74) is 11.5. The second-order valence-corrected chi connectivity index (χ2v) is 13.4. The monoisotopic (exact) mass is 772 g/mol. The summed E-state index contributed by atoms with van der Waals surface area (Å²) in [6, 6.07) is 0.612. The highest BCUT2D eigenvalue weighted by Gasteiger charge is 2.40. The van der Waals surface area contributed by atoms with Crippen molar-refractivity contribution in [2.45, 2.75) is 75.3 Å². The van der Waals surface area contributed by atoms with Gasteiger partial charge in [-0.3, -0.25) is 38.1 Å². The van der Waals surface area contributed by atoms with Gasteiger partial charge in [-0.05, 0) is 31.7 Å². The molecule has 0 aromatic heterocycles. The average Bonchev–Trinajstić information content (AvgIpc) is 3.59. The largest absolute Gasteiger partial charge is 0.469 e. The number of thiol groups is 1. The van der Waals surface area contributed by atoms with Crippen LogP contribution in [-0.4, -0.2) is 124 Å². The van der Waals surface area contributed by atoms with Gasteiger partial charge in [0.25, 0.3) is 0 Å². The lowest BCUT2D eigenvalue weighted by molar-refractivity contribution is -0.143. The van der Waals surface area contributed by atoms with Crippen LogP contribution in [0.2, 0.25) is 0 Å². The number of phosphoric ester groups is 1. The Kier molecular flexibility index (Phi) is 17.8. The maximum absolute atomic E-state index is 13.7. The van der Waals surface area contributed by atoms with Crippen LogP contribution in [0.3, 0.4) is 0 Å². The number of benzene rings is 1. The van der Waals surface area contributed by atoms with Crippen molar-refractivity contribution in [3.8, 4) is 0 Å². The predicted octanol–water partition coefficient (Wildman–Crippen LogP) is -3.87. The van der Waals surface area contributed by atoms with Gasteiger partial charge in [-0.25, -0.2) is 4.57 Å². The molecule has 1 aromatic carbocycles. The molecule has 1 saturated heterocycles. The van der Waals surface area contributed by atoms with E-state index in [0.717, 1.165) is 4.90 Å². The molecule has 1 aliphatic heterocycles. The number of nitrogens with zero attached hydrogens (tertiary/aromatic N) is 1. The zero-order valence-corrected chi connectivity index (χ0v) is 30.1. The van der Waals surface area contributed by atoms with Crippen LogP contribution < -0.4 is 38.1 Å². The van der Waals surface area contributed by atoms with Crippen LogP contribution in [0.25, 0.3) is 0 Å². The SMILES string of the molecule is C[C@H](N)C(=O)N[C@@H](CS)C(=O)N[C@@H](COP(=O)(O)O)C(=O)N1CCC[C@H]1C(=O)N[C@@H](CCC(N)=O)C(=O)N[C@@H](Cc1ccccc1)C(=O)NCC=O. The van der Waals surface area contributed by atoms with Crippen molar-refractivity contribution in [3.63, 3.8) is 0 Å². The van der Waals surface area contributed by atoms with E-state index in [4.69, 9.17) is 11.5 Å². The fourth-order valence-corrected chi connectivity index (χ4v) is 5.64. The summed E-state index contributed by atoms with van der Waals surface area (Å²) < 4.78 is 16.0. The van der Waals surface area contributed by atoms with E-state index in [2.05, 4.69) is 43.7 Å². The standard InChI is InChI=1S/C30H45N8O12PS/c1-17(31)25(41)37-22(16-52)28(44)36-21(15-50-51(47,48)49)30(46)38-12-5-8-23(38)29(45)34-19(9-10-24(32)40)27(43)35-20(26(42)33-11-13-39)14-18-6-3-2-4-7-18/h2-4,6-7,13,17,19-23,52H,5,8-12,14-16,31H2,1H3,(H2,32,40)(H,33,42)(H,34,45)(H,35,43)(H,36,44)(H,37,41)(H2,47,48,49)/t17-,19-,20-,21-,22-,23-/m0/s1. The second-order valence-electron chi connectivity index (χ2n) is 11.8. The predicted molar refractivity (Wildman–Crippen MR) is 186 cm³/mol. The van der Waals surface area contributed by atoms with E-state index in [1.54, 1.807) is 30.3 Å². The highest BCUT2D eigenvalue weighted by atomic mass is 32.1. The van der Waals surface area contributed by atoms with E-state index < -0.39 is 92.0 Å². The summed E-state index contributed by atoms with van der Waals surface area (Å²) in [4.78, 5) is 121. The fourth-order valence-electron chi connectivity index (χ4n) is 5.04. The molecule has 6 atom stereocenters. The summed E-state index contributed by atoms with van der Waals surface area (Å²) in [5, 5.41) is 12.0. The van der Waals surface area contributed by atoms with E-state index in [0.29, 0.717) is 11.8 Å². The summed E-state index contributed by atoms with van der Waals surface area (Å²) in [6.45, 7) is -0.0476. The molecule has 0 aliphatic carbocycles. The first kappa shape index (κ1) is 43.8. The lowest BCUT2D eigenvalue weighted by Gasteiger charge is -2.30. The number of hydrogen-bond acceptors (Lipinski definition) is 12. The first-order valence-electron chi connectivity index (χ1n) is 16.1. The molecule has 52 heavy (non-hydrogen) atoms. The molecule has 1 aromatic rings. The maximum atomic E-state index is 13.7. The topological polar surface area (TPSA) is 319 Å². The number of phosphoric acid groups is 1. The highest BCUT2D eigenvalue weighted by Crippen LogP contribution is 2.36. The van der Waals surface area contributed by atoms with Gasteiger partial charge in [0.2, 0.25) is 41.4 Å².